The van der Waals surface area contributed by atoms with E-state index in [9.17, 15) is 18.0 Å². The Morgan fingerprint density at radius 2 is 1.94 bits per heavy atom. The molecular weight excluding hydrogens is 245 g/mol. The predicted molar refractivity (Wildman–Crippen MR) is 59.7 cm³/mol. The Bertz CT molecular complexity index is 523. The fourth-order valence-corrected chi connectivity index (χ4v) is 1.33. The van der Waals surface area contributed by atoms with Crippen molar-refractivity contribution in [3.63, 3.8) is 0 Å². The first-order valence-electron chi connectivity index (χ1n) is 5.35. The van der Waals surface area contributed by atoms with E-state index in [-0.39, 0.29) is 6.54 Å². The number of nitriles is 1. The second-order valence-corrected chi connectivity index (χ2v) is 4.69. The first-order chi connectivity index (χ1) is 8.15. The van der Waals surface area contributed by atoms with Crippen LogP contribution in [-0.4, -0.2) is 4.57 Å². The van der Waals surface area contributed by atoms with Gasteiger partial charge in [-0.15, -0.1) is 0 Å². The van der Waals surface area contributed by atoms with Crippen molar-refractivity contribution in [2.24, 2.45) is 5.41 Å². The molecule has 0 aromatic carbocycles. The molecule has 1 aromatic rings. The molecule has 0 radical (unpaired) electrons. The van der Waals surface area contributed by atoms with E-state index in [1.54, 1.807) is 13.8 Å². The molecule has 1 rings (SSSR count). The molecule has 1 heterocycles. The van der Waals surface area contributed by atoms with Gasteiger partial charge in [-0.3, -0.25) is 4.79 Å². The summed E-state index contributed by atoms with van der Waals surface area (Å²) >= 11 is 0. The Balaban J connectivity index is 2.97. The monoisotopic (exact) mass is 258 g/mol. The normalized spacial score (nSPS) is 12.2. The van der Waals surface area contributed by atoms with Gasteiger partial charge in [0.15, 0.2) is 0 Å². The molecule has 0 aliphatic rings. The van der Waals surface area contributed by atoms with E-state index in [0.717, 1.165) is 22.9 Å². The van der Waals surface area contributed by atoms with Gasteiger partial charge in [-0.25, -0.2) is 0 Å². The zero-order chi connectivity index (χ0) is 14.0. The van der Waals surface area contributed by atoms with Crippen LogP contribution >= 0.6 is 0 Å². The van der Waals surface area contributed by atoms with Crippen LogP contribution in [-0.2, 0) is 12.7 Å². The molecule has 18 heavy (non-hydrogen) atoms. The van der Waals surface area contributed by atoms with Crippen LogP contribution in [0.4, 0.5) is 13.2 Å². The first-order valence-corrected chi connectivity index (χ1v) is 5.35. The fourth-order valence-electron chi connectivity index (χ4n) is 1.33. The Morgan fingerprint density at radius 3 is 2.44 bits per heavy atom. The number of hydrogen-bond donors (Lipinski definition) is 0. The zero-order valence-electron chi connectivity index (χ0n) is 10.1. The van der Waals surface area contributed by atoms with Crippen molar-refractivity contribution in [1.82, 2.24) is 4.57 Å². The lowest BCUT2D eigenvalue weighted by atomic mass is 9.91. The van der Waals surface area contributed by atoms with E-state index in [1.807, 2.05) is 6.07 Å². The Labute approximate surface area is 102 Å². The largest absolute Gasteiger partial charge is 0.417 e. The predicted octanol–water partition coefficient (Wildman–Crippen LogP) is 2.81. The summed E-state index contributed by atoms with van der Waals surface area (Å²) in [7, 11) is 0. The van der Waals surface area contributed by atoms with Gasteiger partial charge in [0.1, 0.15) is 0 Å². The molecule has 0 fully saturated rings. The van der Waals surface area contributed by atoms with Crippen molar-refractivity contribution in [1.29, 1.82) is 5.26 Å². The van der Waals surface area contributed by atoms with Gasteiger partial charge in [-0.2, -0.15) is 18.4 Å². The summed E-state index contributed by atoms with van der Waals surface area (Å²) < 4.78 is 38.4. The van der Waals surface area contributed by atoms with Crippen molar-refractivity contribution >= 4 is 0 Å². The van der Waals surface area contributed by atoms with Gasteiger partial charge in [-0.1, -0.05) is 0 Å². The third kappa shape index (κ3) is 3.62. The highest BCUT2D eigenvalue weighted by Gasteiger charge is 2.31. The van der Waals surface area contributed by atoms with Crippen molar-refractivity contribution < 1.29 is 13.2 Å². The van der Waals surface area contributed by atoms with Crippen LogP contribution in [0.1, 0.15) is 25.8 Å². The van der Waals surface area contributed by atoms with Gasteiger partial charge in [0.2, 0.25) is 0 Å². The molecule has 6 heteroatoms. The lowest BCUT2D eigenvalue weighted by Crippen LogP contribution is -2.24. The lowest BCUT2D eigenvalue weighted by molar-refractivity contribution is -0.138. The van der Waals surface area contributed by atoms with Gasteiger partial charge >= 0.3 is 6.18 Å². The summed E-state index contributed by atoms with van der Waals surface area (Å²) in [5.74, 6) is 0. The molecule has 0 unspecified atom stereocenters. The molecule has 0 spiro atoms. The standard InChI is InChI=1S/C12H13F3N2O/c1-11(2,8-16)5-6-17-7-9(12(13,14)15)3-4-10(17)18/h3-4,7H,5-6H2,1-2H3. The average Bonchev–Trinajstić information content (AvgIpc) is 2.26. The van der Waals surface area contributed by atoms with Gasteiger partial charge < -0.3 is 4.57 Å². The van der Waals surface area contributed by atoms with Crippen LogP contribution in [0.15, 0.2) is 23.1 Å². The van der Waals surface area contributed by atoms with Crippen LogP contribution < -0.4 is 5.56 Å². The Morgan fingerprint density at radius 1 is 1.33 bits per heavy atom. The van der Waals surface area contributed by atoms with Crippen LogP contribution in [0.25, 0.3) is 0 Å². The molecule has 1 aromatic heterocycles. The molecule has 0 saturated carbocycles. The number of rotatable bonds is 3. The minimum absolute atomic E-state index is 0.0866. The summed E-state index contributed by atoms with van der Waals surface area (Å²) in [6.45, 7) is 3.43. The van der Waals surface area contributed by atoms with Gasteiger partial charge in [0.05, 0.1) is 17.0 Å². The minimum Gasteiger partial charge on any atom is -0.315 e. The van der Waals surface area contributed by atoms with Crippen molar-refractivity contribution in [2.75, 3.05) is 0 Å². The fraction of sp³-hybridized carbons (Fsp3) is 0.500. The van der Waals surface area contributed by atoms with Gasteiger partial charge in [-0.05, 0) is 26.3 Å². The Hall–Kier alpha value is -1.77. The highest BCUT2D eigenvalue weighted by molar-refractivity contribution is 5.13. The van der Waals surface area contributed by atoms with E-state index in [0.29, 0.717) is 6.42 Å². The smallest absolute Gasteiger partial charge is 0.315 e. The third-order valence-electron chi connectivity index (χ3n) is 2.59. The molecule has 0 N–H and O–H groups in total. The highest BCUT2D eigenvalue weighted by Crippen LogP contribution is 2.28. The molecule has 0 saturated heterocycles. The molecule has 0 atom stereocenters. The quantitative estimate of drug-likeness (QED) is 0.836. The number of pyridine rings is 1. The molecule has 0 aliphatic carbocycles. The minimum atomic E-state index is -4.47. The number of nitrogens with zero attached hydrogens (tertiary/aromatic N) is 2. The molecule has 0 bridgehead atoms. The van der Waals surface area contributed by atoms with Crippen LogP contribution in [0.3, 0.4) is 0 Å². The summed E-state index contributed by atoms with van der Waals surface area (Å²) in [4.78, 5) is 11.4. The second-order valence-electron chi connectivity index (χ2n) is 4.69. The van der Waals surface area contributed by atoms with Gasteiger partial charge in [0, 0.05) is 18.8 Å². The molecular formula is C12H13F3N2O. The number of aryl methyl sites for hydroxylation is 1. The number of hydrogen-bond acceptors (Lipinski definition) is 2. The topological polar surface area (TPSA) is 45.8 Å². The maximum atomic E-state index is 12.5. The van der Waals surface area contributed by atoms with E-state index in [2.05, 4.69) is 0 Å². The lowest BCUT2D eigenvalue weighted by Gasteiger charge is -2.16. The van der Waals surface area contributed by atoms with Crippen molar-refractivity contribution in [2.45, 2.75) is 33.0 Å². The first kappa shape index (κ1) is 14.3. The van der Waals surface area contributed by atoms with Crippen LogP contribution in [0.5, 0.6) is 0 Å². The summed E-state index contributed by atoms with van der Waals surface area (Å²) in [6.07, 6.45) is -3.37. The van der Waals surface area contributed by atoms with Gasteiger partial charge in [0.25, 0.3) is 5.56 Å². The third-order valence-corrected chi connectivity index (χ3v) is 2.59. The molecule has 3 nitrogen and oxygen atoms in total. The van der Waals surface area contributed by atoms with Crippen LogP contribution in [0.2, 0.25) is 0 Å². The summed E-state index contributed by atoms with van der Waals surface area (Å²) in [5.41, 5.74) is -2.04. The molecule has 98 valence electrons. The van der Waals surface area contributed by atoms with Crippen molar-refractivity contribution in [3.05, 3.63) is 34.2 Å². The summed E-state index contributed by atoms with van der Waals surface area (Å²) in [6, 6.07) is 3.69. The molecule has 0 aliphatic heterocycles. The Kier molecular flexibility index (Phi) is 3.85. The van der Waals surface area contributed by atoms with E-state index in [4.69, 9.17) is 5.26 Å². The highest BCUT2D eigenvalue weighted by atomic mass is 19.4. The SMILES string of the molecule is CC(C)(C#N)CCn1cc(C(F)(F)F)ccc1=O. The number of aromatic nitrogens is 1. The number of halogens is 3. The maximum Gasteiger partial charge on any atom is 0.417 e. The second kappa shape index (κ2) is 4.84. The number of alkyl halides is 3. The van der Waals surface area contributed by atoms with E-state index >= 15 is 0 Å². The van der Waals surface area contributed by atoms with E-state index < -0.39 is 22.7 Å². The zero-order valence-corrected chi connectivity index (χ0v) is 10.1. The molecule has 0 amide bonds. The summed E-state index contributed by atoms with van der Waals surface area (Å²) in [5, 5.41) is 8.81. The van der Waals surface area contributed by atoms with Crippen molar-refractivity contribution in [3.8, 4) is 6.07 Å². The van der Waals surface area contributed by atoms with E-state index in [1.165, 1.54) is 0 Å². The maximum absolute atomic E-state index is 12.5. The van der Waals surface area contributed by atoms with Crippen LogP contribution in [0, 0.1) is 16.7 Å². The average molecular weight is 258 g/mol.